The fraction of sp³-hybridized carbons (Fsp3) is 0.440. The second-order valence-corrected chi connectivity index (χ2v) is 8.83. The number of methoxy groups -OCH3 is 1. The van der Waals surface area contributed by atoms with Gasteiger partial charge in [0.05, 0.1) is 12.9 Å². The van der Waals surface area contributed by atoms with Crippen LogP contribution in [0, 0.1) is 6.92 Å². The maximum Gasteiger partial charge on any atom is 0.242 e. The van der Waals surface area contributed by atoms with Crippen LogP contribution < -0.4 is 10.1 Å². The van der Waals surface area contributed by atoms with E-state index >= 15 is 0 Å². The Morgan fingerprint density at radius 3 is 2.42 bits per heavy atom. The van der Waals surface area contributed by atoms with Crippen LogP contribution in [0.4, 0.5) is 0 Å². The van der Waals surface area contributed by atoms with Crippen molar-refractivity contribution < 1.29 is 14.3 Å². The summed E-state index contributed by atoms with van der Waals surface area (Å²) in [6, 6.07) is 15.4. The van der Waals surface area contributed by atoms with E-state index < -0.39 is 6.04 Å². The summed E-state index contributed by atoms with van der Waals surface area (Å²) in [6.07, 6.45) is 0.844. The van der Waals surface area contributed by atoms with E-state index in [4.69, 9.17) is 4.74 Å². The molecule has 0 radical (unpaired) electrons. The number of ether oxygens (including phenoxy) is 1. The molecule has 0 aromatic heterocycles. The molecular weight excluding hydrogens is 408 g/mol. The molecule has 0 saturated carbocycles. The first-order valence-corrected chi connectivity index (χ1v) is 11.9. The summed E-state index contributed by atoms with van der Waals surface area (Å²) in [7, 11) is 1.62. The monoisotopic (exact) mass is 442 g/mol. The third-order valence-corrected chi connectivity index (χ3v) is 6.25. The van der Waals surface area contributed by atoms with Gasteiger partial charge in [-0.05, 0) is 50.5 Å². The zero-order valence-corrected chi connectivity index (χ0v) is 20.0. The number of hydrogen-bond acceptors (Lipinski definition) is 4. The minimum atomic E-state index is -0.553. The number of aryl methyl sites for hydroxylation is 1. The lowest BCUT2D eigenvalue weighted by Crippen LogP contribution is -2.50. The van der Waals surface area contributed by atoms with Crippen LogP contribution in [0.1, 0.15) is 43.9 Å². The molecular formula is C25H34N2O3S. The lowest BCUT2D eigenvalue weighted by atomic mass is 10.1. The van der Waals surface area contributed by atoms with Crippen LogP contribution in [0.3, 0.4) is 0 Å². The second-order valence-electron chi connectivity index (χ2n) is 7.85. The van der Waals surface area contributed by atoms with Crippen molar-refractivity contribution in [1.82, 2.24) is 10.2 Å². The van der Waals surface area contributed by atoms with E-state index in [1.807, 2.05) is 44.2 Å². The average Bonchev–Trinajstić information content (AvgIpc) is 2.77. The first kappa shape index (κ1) is 24.8. The van der Waals surface area contributed by atoms with Crippen LogP contribution in [-0.4, -0.2) is 41.7 Å². The Balaban J connectivity index is 2.08. The number of amides is 2. The highest BCUT2D eigenvalue weighted by atomic mass is 32.2. The zero-order valence-electron chi connectivity index (χ0n) is 19.2. The van der Waals surface area contributed by atoms with Crippen LogP contribution in [-0.2, 0) is 21.9 Å². The predicted octanol–water partition coefficient (Wildman–Crippen LogP) is 4.57. The topological polar surface area (TPSA) is 58.6 Å². The Kier molecular flexibility index (Phi) is 9.92. The molecule has 2 atom stereocenters. The van der Waals surface area contributed by atoms with Crippen molar-refractivity contribution in [3.05, 3.63) is 65.2 Å². The first-order chi connectivity index (χ1) is 14.8. The largest absolute Gasteiger partial charge is 0.497 e. The van der Waals surface area contributed by atoms with Crippen molar-refractivity contribution in [3.63, 3.8) is 0 Å². The number of carbonyl (C=O) groups is 2. The van der Waals surface area contributed by atoms with E-state index in [-0.39, 0.29) is 17.9 Å². The molecule has 0 saturated heterocycles. The molecule has 0 aliphatic heterocycles. The number of benzene rings is 2. The molecule has 2 aromatic carbocycles. The lowest BCUT2D eigenvalue weighted by molar-refractivity contribution is -0.138. The van der Waals surface area contributed by atoms with Crippen LogP contribution in [0.5, 0.6) is 5.75 Å². The van der Waals surface area contributed by atoms with Gasteiger partial charge in [-0.2, -0.15) is 0 Å². The van der Waals surface area contributed by atoms with Crippen molar-refractivity contribution in [3.8, 4) is 5.75 Å². The van der Waals surface area contributed by atoms with E-state index in [0.29, 0.717) is 12.3 Å². The third-order valence-electron chi connectivity index (χ3n) is 5.26. The predicted molar refractivity (Wildman–Crippen MR) is 128 cm³/mol. The summed E-state index contributed by atoms with van der Waals surface area (Å²) in [5.74, 6) is 1.68. The van der Waals surface area contributed by atoms with E-state index in [1.165, 1.54) is 11.1 Å². The maximum atomic E-state index is 13.1. The molecule has 0 aliphatic carbocycles. The molecule has 0 bridgehead atoms. The van der Waals surface area contributed by atoms with E-state index in [0.717, 1.165) is 23.5 Å². The van der Waals surface area contributed by atoms with Gasteiger partial charge in [0.2, 0.25) is 11.8 Å². The van der Waals surface area contributed by atoms with Crippen molar-refractivity contribution in [1.29, 1.82) is 0 Å². The summed E-state index contributed by atoms with van der Waals surface area (Å²) in [4.78, 5) is 27.5. The average molecular weight is 443 g/mol. The van der Waals surface area contributed by atoms with Gasteiger partial charge in [0.15, 0.2) is 0 Å². The fourth-order valence-corrected chi connectivity index (χ4v) is 3.97. The zero-order chi connectivity index (χ0) is 22.8. The van der Waals surface area contributed by atoms with Gasteiger partial charge in [-0.3, -0.25) is 9.59 Å². The normalized spacial score (nSPS) is 12.7. The summed E-state index contributed by atoms with van der Waals surface area (Å²) >= 11 is 1.57. The minimum absolute atomic E-state index is 0.0414. The Labute approximate surface area is 190 Å². The summed E-state index contributed by atoms with van der Waals surface area (Å²) in [6.45, 7) is 8.23. The number of hydrogen-bond donors (Lipinski definition) is 1. The van der Waals surface area contributed by atoms with Gasteiger partial charge in [0, 0.05) is 18.3 Å². The first-order valence-electron chi connectivity index (χ1n) is 10.7. The molecule has 5 nitrogen and oxygen atoms in total. The highest BCUT2D eigenvalue weighted by Crippen LogP contribution is 2.18. The molecule has 0 unspecified atom stereocenters. The van der Waals surface area contributed by atoms with Crippen molar-refractivity contribution in [2.75, 3.05) is 12.9 Å². The minimum Gasteiger partial charge on any atom is -0.497 e. The Morgan fingerprint density at radius 1 is 1.10 bits per heavy atom. The highest BCUT2D eigenvalue weighted by molar-refractivity contribution is 7.99. The third kappa shape index (κ3) is 7.94. The van der Waals surface area contributed by atoms with Gasteiger partial charge in [-0.25, -0.2) is 0 Å². The van der Waals surface area contributed by atoms with Gasteiger partial charge in [0.25, 0.3) is 0 Å². The van der Waals surface area contributed by atoms with E-state index in [9.17, 15) is 9.59 Å². The number of thioether (sulfide) groups is 1. The van der Waals surface area contributed by atoms with Crippen LogP contribution in [0.2, 0.25) is 0 Å². The quantitative estimate of drug-likeness (QED) is 0.554. The molecule has 1 N–H and O–H groups in total. The molecule has 0 fully saturated rings. The molecule has 31 heavy (non-hydrogen) atoms. The number of nitrogens with zero attached hydrogens (tertiary/aromatic N) is 1. The van der Waals surface area contributed by atoms with Gasteiger partial charge in [-0.1, -0.05) is 48.9 Å². The fourth-order valence-electron chi connectivity index (χ4n) is 3.12. The van der Waals surface area contributed by atoms with Crippen LogP contribution in [0.25, 0.3) is 0 Å². The van der Waals surface area contributed by atoms with E-state index in [1.54, 1.807) is 30.7 Å². The molecule has 0 spiro atoms. The van der Waals surface area contributed by atoms with Crippen molar-refractivity contribution >= 4 is 23.6 Å². The standard InChI is InChI=1S/C25H34N2O3S/c1-6-19(3)26-25(29)20(4)27(15-21-10-12-23(30-5)13-11-21)24(28)17-31-16-22-9-7-8-18(2)14-22/h7-14,19-20H,6,15-17H2,1-5H3,(H,26,29)/t19-,20+/m1/s1. The molecule has 2 amide bonds. The smallest absolute Gasteiger partial charge is 0.242 e. The molecule has 2 aromatic rings. The molecule has 6 heteroatoms. The summed E-state index contributed by atoms with van der Waals surface area (Å²) in [5.41, 5.74) is 3.36. The highest BCUT2D eigenvalue weighted by Gasteiger charge is 2.26. The second kappa shape index (κ2) is 12.4. The molecule has 0 heterocycles. The van der Waals surface area contributed by atoms with Gasteiger partial charge < -0.3 is 15.0 Å². The van der Waals surface area contributed by atoms with Gasteiger partial charge in [-0.15, -0.1) is 11.8 Å². The van der Waals surface area contributed by atoms with Crippen molar-refractivity contribution in [2.45, 2.75) is 58.5 Å². The summed E-state index contributed by atoms with van der Waals surface area (Å²) in [5, 5.41) is 3.00. The van der Waals surface area contributed by atoms with Gasteiger partial charge in [0.1, 0.15) is 11.8 Å². The molecule has 168 valence electrons. The Bertz CT molecular complexity index is 854. The van der Waals surface area contributed by atoms with Crippen LogP contribution >= 0.6 is 11.8 Å². The van der Waals surface area contributed by atoms with Gasteiger partial charge >= 0.3 is 0 Å². The molecule has 2 rings (SSSR count). The number of rotatable bonds is 11. The maximum absolute atomic E-state index is 13.1. The molecule has 0 aliphatic rings. The lowest BCUT2D eigenvalue weighted by Gasteiger charge is -2.29. The Hall–Kier alpha value is -2.47. The number of nitrogens with one attached hydrogen (secondary N) is 1. The number of carbonyl (C=O) groups excluding carboxylic acids is 2. The van der Waals surface area contributed by atoms with Crippen LogP contribution in [0.15, 0.2) is 48.5 Å². The SMILES string of the molecule is CC[C@@H](C)NC(=O)[C@H](C)N(Cc1ccc(OC)cc1)C(=O)CSCc1cccc(C)c1. The van der Waals surface area contributed by atoms with Crippen molar-refractivity contribution in [2.24, 2.45) is 0 Å². The summed E-state index contributed by atoms with van der Waals surface area (Å²) < 4.78 is 5.22. The Morgan fingerprint density at radius 2 is 1.81 bits per heavy atom. The van der Waals surface area contributed by atoms with E-state index in [2.05, 4.69) is 30.4 Å².